The van der Waals surface area contributed by atoms with Gasteiger partial charge >= 0.3 is 31.1 Å². The number of aliphatic hydroxyl groups excluding tert-OH is 1. The summed E-state index contributed by atoms with van der Waals surface area (Å²) in [5.41, 5.74) is -4.45. The molecule has 2 aliphatic heterocycles. The minimum atomic E-state index is -5.23. The summed E-state index contributed by atoms with van der Waals surface area (Å²) >= 11 is 0. The van der Waals surface area contributed by atoms with Gasteiger partial charge in [0.15, 0.2) is 0 Å². The summed E-state index contributed by atoms with van der Waals surface area (Å²) in [6, 6.07) is 5.66. The van der Waals surface area contributed by atoms with E-state index in [0.717, 1.165) is 71.7 Å². The molecule has 28 heteroatoms. The molecule has 18 nitrogen and oxygen atoms in total. The van der Waals surface area contributed by atoms with E-state index in [2.05, 4.69) is 46.5 Å². The molecule has 4 amide bonds. The summed E-state index contributed by atoms with van der Waals surface area (Å²) in [6.07, 6.45) is -13.6. The maximum Gasteiger partial charge on any atom is 0.407 e. The third kappa shape index (κ3) is 15.1. The van der Waals surface area contributed by atoms with Gasteiger partial charge in [-0.15, -0.1) is 0 Å². The van der Waals surface area contributed by atoms with Crippen LogP contribution in [0.25, 0.3) is 11.3 Å². The van der Waals surface area contributed by atoms with E-state index in [1.54, 1.807) is 17.6 Å². The molecule has 2 fully saturated rings. The minimum absolute atomic E-state index is 0.197. The number of ether oxygens (including phenoxy) is 3. The number of halogens is 10. The van der Waals surface area contributed by atoms with Crippen molar-refractivity contribution in [1.29, 1.82) is 0 Å². The van der Waals surface area contributed by atoms with Crippen LogP contribution in [0.1, 0.15) is 56.5 Å². The largest absolute Gasteiger partial charge is 0.453 e. The number of hydrazine groups is 1. The van der Waals surface area contributed by atoms with Gasteiger partial charge in [0, 0.05) is 73.9 Å². The van der Waals surface area contributed by atoms with Crippen LogP contribution < -0.4 is 26.3 Å². The Hall–Kier alpha value is -7.22. The van der Waals surface area contributed by atoms with Gasteiger partial charge in [0.2, 0.25) is 5.91 Å². The number of nitrogens with zero attached hydrogens (tertiary/aromatic N) is 6. The summed E-state index contributed by atoms with van der Waals surface area (Å²) in [7, 11) is 1.60. The van der Waals surface area contributed by atoms with Crippen molar-refractivity contribution in [3.63, 3.8) is 0 Å². The summed E-state index contributed by atoms with van der Waals surface area (Å²) in [5, 5.41) is 22.0. The van der Waals surface area contributed by atoms with Crippen LogP contribution in [0.15, 0.2) is 67.0 Å². The van der Waals surface area contributed by atoms with Crippen molar-refractivity contribution in [3.05, 3.63) is 101 Å². The molecule has 430 valence electrons. The second-order valence-electron chi connectivity index (χ2n) is 19.8. The molecular formula is C51H58F10N10O8. The number of anilines is 1. The van der Waals surface area contributed by atoms with Gasteiger partial charge in [-0.3, -0.25) is 19.9 Å². The average molecular weight is 1130 g/mol. The summed E-state index contributed by atoms with van der Waals surface area (Å²) in [5.74, 6) is 0.690. The van der Waals surface area contributed by atoms with Gasteiger partial charge in [-0.25, -0.2) is 33.0 Å². The first-order chi connectivity index (χ1) is 37.0. The van der Waals surface area contributed by atoms with E-state index in [9.17, 15) is 59.4 Å². The molecule has 0 aliphatic carbocycles. The number of aliphatic hydroxyl groups is 1. The monoisotopic (exact) mass is 1130 g/mol. The highest BCUT2D eigenvalue weighted by molar-refractivity contribution is 5.87. The third-order valence-electron chi connectivity index (χ3n) is 13.7. The van der Waals surface area contributed by atoms with Crippen LogP contribution in [-0.2, 0) is 36.8 Å². The highest BCUT2D eigenvalue weighted by atomic mass is 19.4. The lowest BCUT2D eigenvalue weighted by molar-refractivity contribution is -0.221. The van der Waals surface area contributed by atoms with Gasteiger partial charge in [-0.05, 0) is 82.1 Å². The maximum atomic E-state index is 16.0. The van der Waals surface area contributed by atoms with Crippen LogP contribution in [0, 0.1) is 34.3 Å². The Kier molecular flexibility index (Phi) is 19.5. The van der Waals surface area contributed by atoms with E-state index in [4.69, 9.17) is 4.74 Å². The molecule has 5 N–H and O–H groups in total. The molecule has 6 rings (SSSR count). The van der Waals surface area contributed by atoms with Crippen LogP contribution in [0.3, 0.4) is 0 Å². The fourth-order valence-corrected chi connectivity index (χ4v) is 8.31. The molecule has 0 spiro atoms. The van der Waals surface area contributed by atoms with Gasteiger partial charge in [0.05, 0.1) is 62.1 Å². The molecule has 0 bridgehead atoms. The smallest absolute Gasteiger partial charge is 0.407 e. The van der Waals surface area contributed by atoms with E-state index >= 15 is 8.78 Å². The second-order valence-corrected chi connectivity index (χ2v) is 19.8. The third-order valence-corrected chi connectivity index (χ3v) is 13.7. The Labute approximate surface area is 447 Å². The molecule has 0 radical (unpaired) electrons. The number of piperazine rings is 1. The number of aromatic nitrogens is 3. The minimum Gasteiger partial charge on any atom is -0.453 e. The number of benzene rings is 2. The van der Waals surface area contributed by atoms with Crippen LogP contribution in [0.2, 0.25) is 0 Å². The standard InChI is InChI=1S/C51H58F10N10O8/c1-48(2,50(56,57)58)41(64-46(75)77-5)43(73)63-38(21-30-10-7-29(8-11-30)9-12-31-13-14-40(62-24-31)69-19-17-68(18-20-69)33-27-79-28-33)39(72)26-70(67-44(74)42(65-47(76)78-6)49(3,4)51(59,60)61)25-34-35(52)22-32(23-36(34)53)37-15-16-71(66-37)45(54)55/h7-8,10-11,13-16,22-24,33,38-39,41-42,45,72H,17-21,25-28H2,1-6H3,(H,63,73)(H,64,75)(H,65,76)(H,67,74)/t38-,39-,41?,42+/m0/s1. The Morgan fingerprint density at radius 2 is 1.33 bits per heavy atom. The van der Waals surface area contributed by atoms with Crippen molar-refractivity contribution in [3.8, 4) is 23.1 Å². The van der Waals surface area contributed by atoms with Crippen LogP contribution >= 0.6 is 0 Å². The molecule has 2 aromatic heterocycles. The van der Waals surface area contributed by atoms with E-state index in [1.165, 1.54) is 24.3 Å². The van der Waals surface area contributed by atoms with Gasteiger partial charge in [0.25, 0.3) is 5.91 Å². The van der Waals surface area contributed by atoms with E-state index < -0.39 is 115 Å². The molecular weight excluding hydrogens is 1070 g/mol. The van der Waals surface area contributed by atoms with Crippen LogP contribution in [0.4, 0.5) is 59.3 Å². The van der Waals surface area contributed by atoms with E-state index in [1.807, 2.05) is 16.8 Å². The fraction of sp³-hybridized carbons (Fsp3) is 0.490. The lowest BCUT2D eigenvalue weighted by atomic mass is 9.82. The van der Waals surface area contributed by atoms with Gasteiger partial charge in [-0.1, -0.05) is 24.0 Å². The molecule has 1 unspecified atom stereocenters. The van der Waals surface area contributed by atoms with Crippen molar-refractivity contribution >= 4 is 29.8 Å². The SMILES string of the molecule is COC(=O)NC(C(=O)N[C@@H](Cc1ccc(C#Cc2ccc(N3CCN(C4COC4)CC3)nc2)cc1)[C@@H](O)CN(Cc1c(F)cc(-c2ccn(C(F)F)n2)cc1F)NC(=O)[C@@H](NC(=O)OC)C(C)(C)C(F)(F)F)C(C)(C)C(F)(F)F. The first kappa shape index (κ1) is 61.0. The number of amides is 4. The lowest BCUT2D eigenvalue weighted by Crippen LogP contribution is -2.63. The quantitative estimate of drug-likeness (QED) is 0.0411. The molecule has 79 heavy (non-hydrogen) atoms. The highest BCUT2D eigenvalue weighted by Crippen LogP contribution is 2.42. The Bertz CT molecular complexity index is 2810. The van der Waals surface area contributed by atoms with Crippen LogP contribution in [-0.4, -0.2) is 157 Å². The first-order valence-electron chi connectivity index (χ1n) is 24.3. The van der Waals surface area contributed by atoms with Crippen molar-refractivity contribution in [1.82, 2.24) is 46.0 Å². The Morgan fingerprint density at radius 1 is 0.785 bits per heavy atom. The van der Waals surface area contributed by atoms with Gasteiger partial charge in [0.1, 0.15) is 29.5 Å². The topological polar surface area (TPSA) is 205 Å². The van der Waals surface area contributed by atoms with Crippen molar-refractivity contribution in [2.75, 3.05) is 65.1 Å². The zero-order chi connectivity index (χ0) is 58.2. The number of pyridine rings is 1. The maximum absolute atomic E-state index is 16.0. The molecule has 0 saturated carbocycles. The second kappa shape index (κ2) is 25.3. The Morgan fingerprint density at radius 3 is 1.81 bits per heavy atom. The number of carbonyl (C=O) groups is 4. The number of hydrogen-bond acceptors (Lipinski definition) is 13. The zero-order valence-corrected chi connectivity index (χ0v) is 43.4. The zero-order valence-electron chi connectivity index (χ0n) is 43.4. The fourth-order valence-electron chi connectivity index (χ4n) is 8.31. The number of nitrogens with one attached hydrogen (secondary N) is 4. The summed E-state index contributed by atoms with van der Waals surface area (Å²) in [4.78, 5) is 61.9. The van der Waals surface area contributed by atoms with E-state index in [-0.39, 0.29) is 21.5 Å². The summed E-state index contributed by atoms with van der Waals surface area (Å²) in [6.45, 7) is 1.62. The van der Waals surface area contributed by atoms with Crippen LogP contribution in [0.5, 0.6) is 0 Å². The molecule has 4 heterocycles. The van der Waals surface area contributed by atoms with Gasteiger partial charge < -0.3 is 40.2 Å². The number of carbonyl (C=O) groups excluding carboxylic acids is 4. The molecule has 4 aromatic rings. The summed E-state index contributed by atoms with van der Waals surface area (Å²) < 4.78 is 160. The number of rotatable bonds is 19. The lowest BCUT2D eigenvalue weighted by Gasteiger charge is -2.42. The number of methoxy groups -OCH3 is 2. The Balaban J connectivity index is 1.32. The number of hydrogen-bond donors (Lipinski definition) is 5. The number of alkyl carbamates (subject to hydrolysis) is 2. The molecule has 2 saturated heterocycles. The normalized spacial score (nSPS) is 16.2. The average Bonchev–Trinajstić information content (AvgIpc) is 3.90. The molecule has 4 atom stereocenters. The predicted molar refractivity (Wildman–Crippen MR) is 262 cm³/mol. The van der Waals surface area contributed by atoms with Crippen molar-refractivity contribution < 1.29 is 82.4 Å². The highest BCUT2D eigenvalue weighted by Gasteiger charge is 2.57. The molecule has 2 aromatic carbocycles. The van der Waals surface area contributed by atoms with E-state index in [0.29, 0.717) is 62.0 Å². The van der Waals surface area contributed by atoms with Gasteiger partial charge in [-0.2, -0.15) is 40.2 Å². The first-order valence-corrected chi connectivity index (χ1v) is 24.3. The van der Waals surface area contributed by atoms with Crippen molar-refractivity contribution in [2.24, 2.45) is 10.8 Å². The molecule has 2 aliphatic rings. The predicted octanol–water partition coefficient (Wildman–Crippen LogP) is 6.09. The van der Waals surface area contributed by atoms with Crippen molar-refractivity contribution in [2.45, 2.75) is 89.8 Å². The number of alkyl halides is 8.